The van der Waals surface area contributed by atoms with E-state index >= 15 is 0 Å². The first-order valence-electron chi connectivity index (χ1n) is 35.2. The van der Waals surface area contributed by atoms with Crippen LogP contribution in [0, 0.1) is 0 Å². The molecule has 0 bridgehead atoms. The molecule has 0 saturated heterocycles. The summed E-state index contributed by atoms with van der Waals surface area (Å²) >= 11 is 0. The Morgan fingerprint density at radius 3 is 0.841 bits per heavy atom. The van der Waals surface area contributed by atoms with E-state index in [4.69, 9.17) is 23.3 Å². The number of phosphoric ester groups is 1. The van der Waals surface area contributed by atoms with E-state index in [1.54, 1.807) is 0 Å². The molecule has 0 aliphatic heterocycles. The Kier molecular flexibility index (Phi) is 63.3. The number of esters is 3. The Hall–Kier alpha value is -2.04. The highest BCUT2D eigenvalue weighted by molar-refractivity contribution is 7.47. The first kappa shape index (κ1) is 80.0. The quantitative estimate of drug-likeness (QED) is 0.0197. The number of ether oxygens (including phenoxy) is 3. The molecular weight excluding hydrogens is 1050 g/mol. The predicted molar refractivity (Wildman–Crippen MR) is 344 cm³/mol. The normalized spacial score (nSPS) is 13.3. The van der Waals surface area contributed by atoms with E-state index in [0.717, 1.165) is 57.8 Å². The van der Waals surface area contributed by atoms with E-state index in [9.17, 15) is 28.9 Å². The standard InChI is InChI=1S/C70H133O11P/c1-4-7-10-13-16-19-22-25-28-31-33-36-38-41-44-47-50-53-56-59-68(72)77-63-67(81-70(74)61-58-55-52-49-46-43-40-37-34-32-29-26-23-20-17-14-11-8-5-2)65-79-82(75,76)78-64-66(62-71)80-69(73)60-57-54-51-48-45-42-39-35-30-27-24-21-18-15-12-9-6-3/h25-26,28-29,66-67,71H,4-24,27,30-65H2,1-3H3,(H,75,76)/b28-25-,29-26-. The second kappa shape index (κ2) is 64.9. The fourth-order valence-corrected chi connectivity index (χ4v) is 11.3. The zero-order valence-corrected chi connectivity index (χ0v) is 54.9. The van der Waals surface area contributed by atoms with E-state index in [-0.39, 0.29) is 25.9 Å². The van der Waals surface area contributed by atoms with Crippen LogP contribution >= 0.6 is 7.82 Å². The van der Waals surface area contributed by atoms with Gasteiger partial charge in [0.1, 0.15) is 12.7 Å². The summed E-state index contributed by atoms with van der Waals surface area (Å²) in [5, 5.41) is 9.88. The summed E-state index contributed by atoms with van der Waals surface area (Å²) in [5.41, 5.74) is 0. The van der Waals surface area contributed by atoms with Crippen LogP contribution in [0.1, 0.15) is 367 Å². The third-order valence-corrected chi connectivity index (χ3v) is 16.8. The van der Waals surface area contributed by atoms with Gasteiger partial charge in [0.2, 0.25) is 0 Å². The van der Waals surface area contributed by atoms with Crippen molar-refractivity contribution in [1.29, 1.82) is 0 Å². The van der Waals surface area contributed by atoms with Crippen LogP contribution in [0.4, 0.5) is 0 Å². The third-order valence-electron chi connectivity index (χ3n) is 15.8. The van der Waals surface area contributed by atoms with E-state index in [1.165, 1.54) is 250 Å². The maximum Gasteiger partial charge on any atom is 0.472 e. The lowest BCUT2D eigenvalue weighted by molar-refractivity contribution is -0.161. The molecular formula is C70H133O11P. The number of phosphoric acid groups is 1. The van der Waals surface area contributed by atoms with Crippen LogP contribution < -0.4 is 0 Å². The number of allylic oxidation sites excluding steroid dienone is 4. The van der Waals surface area contributed by atoms with Gasteiger partial charge in [-0.2, -0.15) is 0 Å². The summed E-state index contributed by atoms with van der Waals surface area (Å²) in [5.74, 6) is -1.43. The molecule has 0 fully saturated rings. The lowest BCUT2D eigenvalue weighted by atomic mass is 10.0. The number of hydrogen-bond acceptors (Lipinski definition) is 10. The van der Waals surface area contributed by atoms with Crippen molar-refractivity contribution in [3.05, 3.63) is 24.3 Å². The van der Waals surface area contributed by atoms with Gasteiger partial charge in [0.15, 0.2) is 6.10 Å². The number of carbonyl (C=O) groups excluding carboxylic acids is 3. The molecule has 0 aliphatic rings. The highest BCUT2D eigenvalue weighted by Gasteiger charge is 2.28. The van der Waals surface area contributed by atoms with E-state index in [0.29, 0.717) is 19.3 Å². The molecule has 0 rings (SSSR count). The van der Waals surface area contributed by atoms with Crippen LogP contribution in [0.5, 0.6) is 0 Å². The minimum absolute atomic E-state index is 0.170. The zero-order valence-electron chi connectivity index (χ0n) is 54.0. The second-order valence-corrected chi connectivity index (χ2v) is 25.5. The number of aliphatic hydroxyl groups excluding tert-OH is 1. The monoisotopic (exact) mass is 1180 g/mol. The Morgan fingerprint density at radius 1 is 0.329 bits per heavy atom. The van der Waals surface area contributed by atoms with Gasteiger partial charge in [-0.25, -0.2) is 4.57 Å². The summed E-state index contributed by atoms with van der Waals surface area (Å²) in [6.45, 7) is 4.74. The molecule has 0 amide bonds. The maximum atomic E-state index is 13.0. The van der Waals surface area contributed by atoms with Gasteiger partial charge in [-0.3, -0.25) is 23.4 Å². The predicted octanol–water partition coefficient (Wildman–Crippen LogP) is 21.7. The minimum atomic E-state index is -4.75. The Bertz CT molecular complexity index is 1470. The lowest BCUT2D eigenvalue weighted by Gasteiger charge is -2.21. The minimum Gasteiger partial charge on any atom is -0.462 e. The summed E-state index contributed by atoms with van der Waals surface area (Å²) in [6, 6.07) is 0. The van der Waals surface area contributed by atoms with Gasteiger partial charge in [0.05, 0.1) is 19.8 Å². The topological polar surface area (TPSA) is 155 Å². The number of hydrogen-bond donors (Lipinski definition) is 2. The van der Waals surface area contributed by atoms with Crippen molar-refractivity contribution < 1.29 is 52.2 Å². The Balaban J connectivity index is 4.63. The first-order chi connectivity index (χ1) is 40.2. The molecule has 484 valence electrons. The lowest BCUT2D eigenvalue weighted by Crippen LogP contribution is -2.30. The molecule has 82 heavy (non-hydrogen) atoms. The van der Waals surface area contributed by atoms with Crippen molar-refractivity contribution in [2.45, 2.75) is 380 Å². The number of aliphatic hydroxyl groups is 1. The van der Waals surface area contributed by atoms with Gasteiger partial charge in [0, 0.05) is 19.3 Å². The molecule has 0 saturated carbocycles. The maximum absolute atomic E-state index is 13.0. The van der Waals surface area contributed by atoms with Crippen LogP contribution in [0.3, 0.4) is 0 Å². The van der Waals surface area contributed by atoms with Gasteiger partial charge in [0.25, 0.3) is 0 Å². The fraction of sp³-hybridized carbons (Fsp3) is 0.900. The number of carbonyl (C=O) groups is 3. The Labute approximate surface area is 506 Å². The van der Waals surface area contributed by atoms with Gasteiger partial charge >= 0.3 is 25.7 Å². The van der Waals surface area contributed by atoms with Crippen molar-refractivity contribution in [3.8, 4) is 0 Å². The molecule has 0 aromatic rings. The zero-order chi connectivity index (χ0) is 59.8. The van der Waals surface area contributed by atoms with E-state index in [1.807, 2.05) is 0 Å². The summed E-state index contributed by atoms with van der Waals surface area (Å²) in [7, 11) is -4.75. The highest BCUT2D eigenvalue weighted by Crippen LogP contribution is 2.43. The second-order valence-electron chi connectivity index (χ2n) is 24.1. The molecule has 0 heterocycles. The van der Waals surface area contributed by atoms with Crippen molar-refractivity contribution in [2.24, 2.45) is 0 Å². The van der Waals surface area contributed by atoms with Gasteiger partial charge < -0.3 is 24.2 Å². The van der Waals surface area contributed by atoms with Crippen LogP contribution in [-0.2, 0) is 42.2 Å². The summed E-state index contributed by atoms with van der Waals surface area (Å²) in [6.07, 6.45) is 69.8. The first-order valence-corrected chi connectivity index (χ1v) is 36.7. The summed E-state index contributed by atoms with van der Waals surface area (Å²) < 4.78 is 39.8. The fourth-order valence-electron chi connectivity index (χ4n) is 10.5. The molecule has 2 N–H and O–H groups in total. The Morgan fingerprint density at radius 2 is 0.561 bits per heavy atom. The molecule has 0 radical (unpaired) electrons. The number of rotatable bonds is 67. The smallest absolute Gasteiger partial charge is 0.462 e. The molecule has 0 aliphatic carbocycles. The molecule has 0 aromatic carbocycles. The molecule has 0 spiro atoms. The van der Waals surface area contributed by atoms with Crippen LogP contribution in [-0.4, -0.2) is 66.5 Å². The number of unbranched alkanes of at least 4 members (excludes halogenated alkanes) is 46. The molecule has 3 atom stereocenters. The van der Waals surface area contributed by atoms with Gasteiger partial charge in [-0.15, -0.1) is 0 Å². The molecule has 0 aromatic heterocycles. The molecule has 3 unspecified atom stereocenters. The van der Waals surface area contributed by atoms with Crippen molar-refractivity contribution in [1.82, 2.24) is 0 Å². The van der Waals surface area contributed by atoms with Crippen molar-refractivity contribution in [3.63, 3.8) is 0 Å². The average Bonchev–Trinajstić information content (AvgIpc) is 3.47. The average molecular weight is 1180 g/mol. The van der Waals surface area contributed by atoms with Gasteiger partial charge in [-0.1, -0.05) is 302 Å². The highest BCUT2D eigenvalue weighted by atomic mass is 31.2. The summed E-state index contributed by atoms with van der Waals surface area (Å²) in [4.78, 5) is 48.9. The largest absolute Gasteiger partial charge is 0.472 e. The van der Waals surface area contributed by atoms with Crippen LogP contribution in [0.2, 0.25) is 0 Å². The van der Waals surface area contributed by atoms with Crippen molar-refractivity contribution >= 4 is 25.7 Å². The molecule has 11 nitrogen and oxygen atoms in total. The SMILES string of the molecule is CCCCCCCC/C=C\CCCCCCCCCCCC(=O)OCC(COP(=O)(O)OCC(CO)OC(=O)CCCCCCCCCCCCCCCCCCC)OC(=O)CCCCCCCCCCC/C=C\CCCCCCCC. The van der Waals surface area contributed by atoms with Crippen LogP contribution in [0.25, 0.3) is 0 Å². The third kappa shape index (κ3) is 62.5. The van der Waals surface area contributed by atoms with Gasteiger partial charge in [-0.05, 0) is 70.6 Å². The van der Waals surface area contributed by atoms with E-state index < -0.39 is 57.8 Å². The van der Waals surface area contributed by atoms with E-state index in [2.05, 4.69) is 45.1 Å². The van der Waals surface area contributed by atoms with Crippen LogP contribution in [0.15, 0.2) is 24.3 Å². The van der Waals surface area contributed by atoms with Crippen molar-refractivity contribution in [2.75, 3.05) is 26.4 Å². The molecule has 12 heteroatoms.